The fourth-order valence-electron chi connectivity index (χ4n) is 3.23. The van der Waals surface area contributed by atoms with Crippen molar-refractivity contribution < 1.29 is 4.79 Å². The van der Waals surface area contributed by atoms with Crippen molar-refractivity contribution in [2.45, 2.75) is 25.7 Å². The summed E-state index contributed by atoms with van der Waals surface area (Å²) >= 11 is 0. The lowest BCUT2D eigenvalue weighted by Crippen LogP contribution is -2.40. The van der Waals surface area contributed by atoms with Crippen LogP contribution in [0.25, 0.3) is 10.9 Å². The average Bonchev–Trinajstić information content (AvgIpc) is 3.01. The maximum Gasteiger partial charge on any atom is 0.252 e. The minimum atomic E-state index is -0.0340. The van der Waals surface area contributed by atoms with Crippen molar-refractivity contribution in [2.75, 3.05) is 13.1 Å². The summed E-state index contributed by atoms with van der Waals surface area (Å²) in [6, 6.07) is 9.50. The first-order chi connectivity index (χ1) is 10.2. The highest BCUT2D eigenvalue weighted by Gasteiger charge is 2.32. The molecule has 3 rings (SSSR count). The van der Waals surface area contributed by atoms with Crippen LogP contribution >= 0.6 is 0 Å². The van der Waals surface area contributed by atoms with Gasteiger partial charge in [-0.3, -0.25) is 9.78 Å². The number of fused-ring (bicyclic) bond motifs is 1. The Kier molecular flexibility index (Phi) is 3.88. The molecule has 1 aliphatic rings. The van der Waals surface area contributed by atoms with Gasteiger partial charge >= 0.3 is 0 Å². The van der Waals surface area contributed by atoms with Crippen molar-refractivity contribution in [1.29, 1.82) is 0 Å². The third kappa shape index (κ3) is 2.76. The lowest BCUT2D eigenvalue weighted by molar-refractivity contribution is 0.0933. The average molecular weight is 283 g/mol. The largest absolute Gasteiger partial charge is 0.351 e. The molecule has 3 N–H and O–H groups in total. The number of pyridine rings is 1. The van der Waals surface area contributed by atoms with Gasteiger partial charge in [0.05, 0.1) is 11.1 Å². The zero-order valence-corrected chi connectivity index (χ0v) is 12.1. The van der Waals surface area contributed by atoms with Crippen LogP contribution in [0.1, 0.15) is 36.0 Å². The van der Waals surface area contributed by atoms with Crippen LogP contribution in [0.4, 0.5) is 0 Å². The zero-order valence-electron chi connectivity index (χ0n) is 12.1. The summed E-state index contributed by atoms with van der Waals surface area (Å²) in [6.07, 6.45) is 6.34. The van der Waals surface area contributed by atoms with Gasteiger partial charge in [0.25, 0.3) is 5.91 Å². The fourth-order valence-corrected chi connectivity index (χ4v) is 3.23. The topological polar surface area (TPSA) is 68.0 Å². The summed E-state index contributed by atoms with van der Waals surface area (Å²) in [5.41, 5.74) is 7.55. The Balaban J connectivity index is 1.78. The number of hydrogen-bond donors (Lipinski definition) is 2. The van der Waals surface area contributed by atoms with E-state index >= 15 is 0 Å². The minimum absolute atomic E-state index is 0.0340. The van der Waals surface area contributed by atoms with Crippen molar-refractivity contribution in [3.05, 3.63) is 42.1 Å². The van der Waals surface area contributed by atoms with Crippen molar-refractivity contribution in [1.82, 2.24) is 10.3 Å². The van der Waals surface area contributed by atoms with Gasteiger partial charge in [-0.2, -0.15) is 0 Å². The molecule has 1 fully saturated rings. The summed E-state index contributed by atoms with van der Waals surface area (Å²) in [7, 11) is 0. The molecule has 1 saturated carbocycles. The first-order valence-corrected chi connectivity index (χ1v) is 7.56. The Hall–Kier alpha value is -1.94. The van der Waals surface area contributed by atoms with Crippen molar-refractivity contribution >= 4 is 16.8 Å². The molecule has 1 amide bonds. The smallest absolute Gasteiger partial charge is 0.252 e. The number of nitrogens with zero attached hydrogens (tertiary/aromatic N) is 1. The Morgan fingerprint density at radius 2 is 2.00 bits per heavy atom. The van der Waals surface area contributed by atoms with E-state index in [1.807, 2.05) is 24.3 Å². The van der Waals surface area contributed by atoms with Gasteiger partial charge in [0.2, 0.25) is 0 Å². The van der Waals surface area contributed by atoms with E-state index in [9.17, 15) is 4.79 Å². The molecule has 0 aliphatic heterocycles. The van der Waals surface area contributed by atoms with Crippen LogP contribution in [0.2, 0.25) is 0 Å². The lowest BCUT2D eigenvalue weighted by Gasteiger charge is -2.27. The Labute approximate surface area is 124 Å². The summed E-state index contributed by atoms with van der Waals surface area (Å²) in [6.45, 7) is 1.31. The lowest BCUT2D eigenvalue weighted by atomic mass is 9.86. The van der Waals surface area contributed by atoms with Crippen LogP contribution in [0.3, 0.4) is 0 Å². The van der Waals surface area contributed by atoms with Crippen LogP contribution in [-0.2, 0) is 0 Å². The van der Waals surface area contributed by atoms with Gasteiger partial charge in [0.15, 0.2) is 0 Å². The third-order valence-corrected chi connectivity index (χ3v) is 4.61. The molecule has 0 bridgehead atoms. The SMILES string of the molecule is NCC1(CNC(=O)c2ccnc3ccccc23)CCCC1. The van der Waals surface area contributed by atoms with Crippen LogP contribution in [0, 0.1) is 5.41 Å². The van der Waals surface area contributed by atoms with E-state index in [2.05, 4.69) is 10.3 Å². The summed E-state index contributed by atoms with van der Waals surface area (Å²) in [5, 5.41) is 3.97. The number of carbonyl (C=O) groups is 1. The number of para-hydroxylation sites is 1. The first kappa shape index (κ1) is 14.0. The summed E-state index contributed by atoms with van der Waals surface area (Å²) in [4.78, 5) is 16.8. The Bertz CT molecular complexity index is 642. The van der Waals surface area contributed by atoms with E-state index in [1.54, 1.807) is 12.3 Å². The van der Waals surface area contributed by atoms with Crippen LogP contribution < -0.4 is 11.1 Å². The molecule has 2 aromatic rings. The molecule has 1 heterocycles. The molecule has 0 spiro atoms. The predicted molar refractivity (Wildman–Crippen MR) is 84.0 cm³/mol. The molecule has 0 unspecified atom stereocenters. The van der Waals surface area contributed by atoms with Gasteiger partial charge in [-0.25, -0.2) is 0 Å². The number of hydrogen-bond acceptors (Lipinski definition) is 3. The van der Waals surface area contributed by atoms with Crippen LogP contribution in [0.15, 0.2) is 36.5 Å². The molecule has 1 aliphatic carbocycles. The van der Waals surface area contributed by atoms with Gasteiger partial charge in [-0.1, -0.05) is 31.0 Å². The van der Waals surface area contributed by atoms with Gasteiger partial charge in [-0.05, 0) is 36.9 Å². The third-order valence-electron chi connectivity index (χ3n) is 4.61. The quantitative estimate of drug-likeness (QED) is 0.905. The van der Waals surface area contributed by atoms with Crippen molar-refractivity contribution in [3.63, 3.8) is 0 Å². The summed E-state index contributed by atoms with van der Waals surface area (Å²) in [5.74, 6) is -0.0340. The molecule has 110 valence electrons. The number of rotatable bonds is 4. The highest BCUT2D eigenvalue weighted by atomic mass is 16.1. The maximum absolute atomic E-state index is 12.5. The Morgan fingerprint density at radius 1 is 1.24 bits per heavy atom. The highest BCUT2D eigenvalue weighted by molar-refractivity contribution is 6.05. The van der Waals surface area contributed by atoms with Crippen molar-refractivity contribution in [2.24, 2.45) is 11.1 Å². The van der Waals surface area contributed by atoms with E-state index < -0.39 is 0 Å². The molecule has 4 nitrogen and oxygen atoms in total. The summed E-state index contributed by atoms with van der Waals surface area (Å²) < 4.78 is 0. The normalized spacial score (nSPS) is 17.0. The fraction of sp³-hybridized carbons (Fsp3) is 0.412. The second-order valence-corrected chi connectivity index (χ2v) is 5.97. The molecule has 1 aromatic heterocycles. The van der Waals surface area contributed by atoms with Crippen molar-refractivity contribution in [3.8, 4) is 0 Å². The second kappa shape index (κ2) is 5.82. The number of aromatic nitrogens is 1. The minimum Gasteiger partial charge on any atom is -0.351 e. The Morgan fingerprint density at radius 3 is 2.76 bits per heavy atom. The van der Waals surface area contributed by atoms with E-state index in [4.69, 9.17) is 5.73 Å². The molecule has 0 atom stereocenters. The molecule has 1 aromatic carbocycles. The second-order valence-electron chi connectivity index (χ2n) is 5.97. The number of nitrogens with two attached hydrogens (primary N) is 1. The number of benzene rings is 1. The number of carbonyl (C=O) groups excluding carboxylic acids is 1. The molecular formula is C17H21N3O. The standard InChI is InChI=1S/C17H21N3O/c18-11-17(8-3-4-9-17)12-20-16(21)14-7-10-19-15-6-2-1-5-13(14)15/h1-2,5-7,10H,3-4,8-9,11-12,18H2,(H,20,21). The van der Waals surface area contributed by atoms with Gasteiger partial charge in [-0.15, -0.1) is 0 Å². The van der Waals surface area contributed by atoms with E-state index in [1.165, 1.54) is 12.8 Å². The molecular weight excluding hydrogens is 262 g/mol. The van der Waals surface area contributed by atoms with Gasteiger partial charge in [0.1, 0.15) is 0 Å². The highest BCUT2D eigenvalue weighted by Crippen LogP contribution is 2.36. The molecule has 21 heavy (non-hydrogen) atoms. The number of nitrogens with one attached hydrogen (secondary N) is 1. The van der Waals surface area contributed by atoms with Gasteiger partial charge in [0, 0.05) is 18.1 Å². The van der Waals surface area contributed by atoms with Crippen LogP contribution in [-0.4, -0.2) is 24.0 Å². The molecule has 0 radical (unpaired) electrons. The van der Waals surface area contributed by atoms with E-state index in [-0.39, 0.29) is 11.3 Å². The first-order valence-electron chi connectivity index (χ1n) is 7.56. The molecule has 0 saturated heterocycles. The van der Waals surface area contributed by atoms with Crippen LogP contribution in [0.5, 0.6) is 0 Å². The van der Waals surface area contributed by atoms with E-state index in [0.717, 1.165) is 23.7 Å². The van der Waals surface area contributed by atoms with Gasteiger partial charge < -0.3 is 11.1 Å². The number of amides is 1. The predicted octanol–water partition coefficient (Wildman–Crippen LogP) is 2.48. The molecule has 4 heteroatoms. The monoisotopic (exact) mass is 283 g/mol. The maximum atomic E-state index is 12.5. The van der Waals surface area contributed by atoms with E-state index in [0.29, 0.717) is 18.7 Å². The zero-order chi connectivity index (χ0) is 14.7.